The molecule has 20 heteroatoms. The van der Waals surface area contributed by atoms with Gasteiger partial charge in [-0.05, 0) is 32.9 Å². The maximum atomic E-state index is 11.8. The van der Waals surface area contributed by atoms with Gasteiger partial charge in [-0.2, -0.15) is 0 Å². The highest BCUT2D eigenvalue weighted by atomic mass is 31.3. The smallest absolute Gasteiger partial charge is 0.279 e. The molecule has 1 aliphatic heterocycles. The van der Waals surface area contributed by atoms with Gasteiger partial charge in [0.1, 0.15) is 21.5 Å². The normalized spacial score (nSPS) is 28.5. The van der Waals surface area contributed by atoms with Crippen LogP contribution in [0.2, 0.25) is 0 Å². The molecule has 2 radical (unpaired) electrons. The van der Waals surface area contributed by atoms with Crippen LogP contribution in [0.1, 0.15) is 32.1 Å². The molecular formula is C13H26BNO14P4-4. The molecule has 2 N–H and O–H groups in total. The summed E-state index contributed by atoms with van der Waals surface area (Å²) < 4.78 is 67.8. The van der Waals surface area contributed by atoms with Crippen molar-refractivity contribution in [1.29, 1.82) is 0 Å². The quantitative estimate of drug-likeness (QED) is 0.118. The Bertz CT molecular complexity index is 801. The predicted octanol–water partition coefficient (Wildman–Crippen LogP) is -1.52. The summed E-state index contributed by atoms with van der Waals surface area (Å²) in [4.78, 5) is 46.9. The van der Waals surface area contributed by atoms with E-state index in [0.717, 1.165) is 19.4 Å². The minimum Gasteiger partial charge on any atom is -0.778 e. The topological polar surface area (TPSA) is 239 Å². The summed E-state index contributed by atoms with van der Waals surface area (Å²) in [7, 11) is -15.5. The van der Waals surface area contributed by atoms with Crippen molar-refractivity contribution >= 4 is 38.7 Å². The molecule has 0 aromatic carbocycles. The molecular weight excluding hydrogens is 529 g/mol. The minimum atomic E-state index is -6.13. The van der Waals surface area contributed by atoms with E-state index in [0.29, 0.717) is 12.8 Å². The van der Waals surface area contributed by atoms with Crippen LogP contribution in [0.3, 0.4) is 0 Å². The Balaban J connectivity index is 2.50. The van der Waals surface area contributed by atoms with Gasteiger partial charge in [0.05, 0.1) is 25.2 Å². The van der Waals surface area contributed by atoms with E-state index in [2.05, 4.69) is 23.0 Å². The molecule has 1 saturated heterocycles. The number of rotatable bonds is 17. The number of hydrogen-bond donors (Lipinski definition) is 2. The van der Waals surface area contributed by atoms with Gasteiger partial charge in [0, 0.05) is 6.00 Å². The molecule has 15 nitrogen and oxygen atoms in total. The predicted molar refractivity (Wildman–Crippen MR) is 107 cm³/mol. The third-order valence-electron chi connectivity index (χ3n) is 4.03. The van der Waals surface area contributed by atoms with Crippen molar-refractivity contribution in [2.75, 3.05) is 32.7 Å². The van der Waals surface area contributed by atoms with Crippen LogP contribution in [0.5, 0.6) is 0 Å². The zero-order chi connectivity index (χ0) is 25.3. The van der Waals surface area contributed by atoms with E-state index >= 15 is 0 Å². The zero-order valence-electron chi connectivity index (χ0n) is 17.7. The van der Waals surface area contributed by atoms with Crippen LogP contribution in [0, 0.1) is 0 Å². The van der Waals surface area contributed by atoms with Gasteiger partial charge in [-0.3, -0.25) is 13.4 Å². The standard InChI is InChI=1S/C13H30BNO14P4/c1-15-6-4-2-3-5-7-25-30(17,18)10-31(19,20)28-33(23,24)29-32(21,22)26-9-12-11(16)8-13(14)27-12/h11-13,15-16H,2-10H2,1H3,(H,17,18)(H,19,20)(H,21,22)(H,23,24)/p-4/t11-,12-,13-/m1/s1. The van der Waals surface area contributed by atoms with Gasteiger partial charge in [-0.15, -0.1) is 0 Å². The molecule has 0 aromatic rings. The number of phosphoric ester groups is 1. The first-order chi connectivity index (χ1) is 15.1. The Kier molecular flexibility index (Phi) is 13.1. The zero-order valence-corrected chi connectivity index (χ0v) is 21.3. The van der Waals surface area contributed by atoms with Crippen LogP contribution in [-0.4, -0.2) is 63.9 Å². The van der Waals surface area contributed by atoms with E-state index in [4.69, 9.17) is 12.6 Å². The van der Waals surface area contributed by atoms with E-state index in [1.165, 1.54) is 0 Å². The van der Waals surface area contributed by atoms with Crippen LogP contribution >= 0.6 is 30.8 Å². The van der Waals surface area contributed by atoms with Gasteiger partial charge in [0.2, 0.25) is 0 Å². The highest BCUT2D eigenvalue weighted by Crippen LogP contribution is 2.65. The van der Waals surface area contributed by atoms with Gasteiger partial charge >= 0.3 is 0 Å². The molecule has 0 spiro atoms. The fourth-order valence-corrected chi connectivity index (χ4v) is 8.84. The second-order valence-corrected chi connectivity index (χ2v) is 14.3. The lowest BCUT2D eigenvalue weighted by molar-refractivity contribution is -0.245. The molecule has 7 atom stereocenters. The highest BCUT2D eigenvalue weighted by Gasteiger charge is 2.33. The van der Waals surface area contributed by atoms with Crippen LogP contribution in [0.25, 0.3) is 0 Å². The van der Waals surface area contributed by atoms with Crippen molar-refractivity contribution in [3.63, 3.8) is 0 Å². The molecule has 194 valence electrons. The number of hydrogen-bond acceptors (Lipinski definition) is 15. The average molecular weight is 555 g/mol. The molecule has 0 bridgehead atoms. The summed E-state index contributed by atoms with van der Waals surface area (Å²) >= 11 is 0. The van der Waals surface area contributed by atoms with Gasteiger partial charge in [-0.1, -0.05) is 12.8 Å². The maximum Gasteiger partial charge on any atom is 0.279 e. The fourth-order valence-electron chi connectivity index (χ4n) is 2.63. The van der Waals surface area contributed by atoms with Crippen molar-refractivity contribution in [1.82, 2.24) is 5.32 Å². The van der Waals surface area contributed by atoms with Gasteiger partial charge in [0.15, 0.2) is 7.60 Å². The SMILES string of the molecule is [B][C@H]1C[C@@H](O)[C@@H](COP(=O)([O-])OP(=O)([O-])OP(=O)([O-])CP(=O)([O-])OCCCCCCNC)O1. The molecule has 0 amide bonds. The van der Waals surface area contributed by atoms with Gasteiger partial charge in [-0.25, -0.2) is 4.31 Å². The largest absolute Gasteiger partial charge is 0.778 e. The third-order valence-corrected chi connectivity index (χ3v) is 11.2. The molecule has 1 heterocycles. The first-order valence-electron chi connectivity index (χ1n) is 9.74. The van der Waals surface area contributed by atoms with Crippen LogP contribution in [0.15, 0.2) is 0 Å². The Hall–Kier alpha value is 0.545. The molecule has 0 aliphatic carbocycles. The number of ether oxygens (including phenoxy) is 1. The maximum absolute atomic E-state index is 11.8. The van der Waals surface area contributed by atoms with E-state index in [9.17, 15) is 42.9 Å². The molecule has 0 aromatic heterocycles. The highest BCUT2D eigenvalue weighted by molar-refractivity contribution is 7.73. The van der Waals surface area contributed by atoms with Crippen molar-refractivity contribution in [2.24, 2.45) is 0 Å². The molecule has 1 aliphatic rings. The number of aliphatic hydroxyl groups excluding tert-OH is 1. The lowest BCUT2D eigenvalue weighted by Crippen LogP contribution is -2.27. The first-order valence-corrected chi connectivity index (χ1v) is 16.1. The monoisotopic (exact) mass is 555 g/mol. The van der Waals surface area contributed by atoms with Gasteiger partial charge < -0.3 is 52.9 Å². The molecule has 1 fully saturated rings. The summed E-state index contributed by atoms with van der Waals surface area (Å²) in [5.74, 6) is -1.85. The number of aliphatic hydroxyl groups is 1. The summed E-state index contributed by atoms with van der Waals surface area (Å²) in [6.45, 7) is -0.432. The third kappa shape index (κ3) is 14.0. The summed E-state index contributed by atoms with van der Waals surface area (Å²) in [5.41, 5.74) is 0. The van der Waals surface area contributed by atoms with Crippen LogP contribution in [-0.2, 0) is 40.7 Å². The first kappa shape index (κ1) is 31.6. The fraction of sp³-hybridized carbons (Fsp3) is 1.00. The van der Waals surface area contributed by atoms with E-state index in [-0.39, 0.29) is 13.0 Å². The number of phosphoric acid groups is 2. The van der Waals surface area contributed by atoms with Crippen LogP contribution < -0.4 is 24.9 Å². The molecule has 4 unspecified atom stereocenters. The number of nitrogens with one attached hydrogen (secondary N) is 1. The van der Waals surface area contributed by atoms with Crippen molar-refractivity contribution in [3.05, 3.63) is 0 Å². The minimum absolute atomic E-state index is 0.0335. The second kappa shape index (κ2) is 13.7. The van der Waals surface area contributed by atoms with E-state index in [1.807, 2.05) is 0 Å². The number of unbranched alkanes of at least 4 members (excludes halogenated alkanes) is 3. The van der Waals surface area contributed by atoms with E-state index < -0.39 is 61.6 Å². The van der Waals surface area contributed by atoms with Crippen molar-refractivity contribution in [3.8, 4) is 0 Å². The Morgan fingerprint density at radius 2 is 1.61 bits per heavy atom. The Morgan fingerprint density at radius 1 is 0.970 bits per heavy atom. The lowest BCUT2D eigenvalue weighted by atomic mass is 9.96. The summed E-state index contributed by atoms with van der Waals surface area (Å²) in [5, 5.41) is 12.5. The Labute approximate surface area is 192 Å². The average Bonchev–Trinajstić information content (AvgIpc) is 2.93. The van der Waals surface area contributed by atoms with Crippen LogP contribution in [0.4, 0.5) is 0 Å². The van der Waals surface area contributed by atoms with E-state index in [1.54, 1.807) is 7.05 Å². The van der Waals surface area contributed by atoms with Crippen molar-refractivity contribution in [2.45, 2.75) is 50.3 Å². The lowest BCUT2D eigenvalue weighted by Gasteiger charge is -2.37. The molecule has 33 heavy (non-hydrogen) atoms. The second-order valence-electron chi connectivity index (χ2n) is 7.08. The van der Waals surface area contributed by atoms with Crippen molar-refractivity contribution < 1.29 is 65.3 Å². The molecule has 1 rings (SSSR count). The summed E-state index contributed by atoms with van der Waals surface area (Å²) in [6.07, 6.45) is 0.113. The summed E-state index contributed by atoms with van der Waals surface area (Å²) in [6, 6.07) is -0.899. The Morgan fingerprint density at radius 3 is 2.18 bits per heavy atom. The van der Waals surface area contributed by atoms with Gasteiger partial charge in [0.25, 0.3) is 15.6 Å². The molecule has 0 saturated carbocycles.